The number of hydrogen-bond acceptors (Lipinski definition) is 12. The van der Waals surface area contributed by atoms with Crippen molar-refractivity contribution in [3.05, 3.63) is 0 Å². The van der Waals surface area contributed by atoms with E-state index < -0.39 is 0 Å². The van der Waals surface area contributed by atoms with Gasteiger partial charge in [0.1, 0.15) is 0 Å². The predicted octanol–water partition coefficient (Wildman–Crippen LogP) is 11.0. The highest BCUT2D eigenvalue weighted by molar-refractivity contribution is 4.97. The van der Waals surface area contributed by atoms with Crippen LogP contribution in [-0.2, 0) is 56.8 Å². The van der Waals surface area contributed by atoms with E-state index in [-0.39, 0.29) is 73.2 Å². The summed E-state index contributed by atoms with van der Waals surface area (Å²) < 4.78 is 76.4. The second kappa shape index (κ2) is 29.5. The van der Waals surface area contributed by atoms with Crippen LogP contribution in [-0.4, -0.2) is 159 Å². The highest BCUT2D eigenvalue weighted by Gasteiger charge is 2.46. The molecule has 24 atom stereocenters. The standard InChI is InChI=1S/C60H108O12/c1-61-49-25-38-15-16-40-28-54(66-6)42(30-53(40)65-5)19-20-44-32-58(70-10)46(34-57(44)69-9)23-24-48-36-59(71-11)47(35-60(48)72-12)22-21-45-33-55(67-7)43(31-56(45)68-8)18-17-41-29-51(63-3)39(27-52(41)64-4)14-13-37(49)26-50(38)62-2/h37-60H,13-36H2,1-12H3/t37-,38-,39-,40+,41+,42-,43+,44+,45+,46+,47-,48-,49?,50?,51?,52?,53?,54?,55?,56?,57?,58?,59?,60?/m1/s1. The number of hydrogen-bond donors (Lipinski definition) is 0. The molecule has 22 aliphatic carbocycles. The van der Waals surface area contributed by atoms with Crippen LogP contribution >= 0.6 is 0 Å². The van der Waals surface area contributed by atoms with E-state index in [1.54, 1.807) is 0 Å². The van der Waals surface area contributed by atoms with Gasteiger partial charge in [-0.15, -0.1) is 0 Å². The van der Waals surface area contributed by atoms with Crippen LogP contribution in [0.3, 0.4) is 0 Å². The van der Waals surface area contributed by atoms with Gasteiger partial charge < -0.3 is 56.8 Å². The molecule has 0 spiro atoms. The summed E-state index contributed by atoms with van der Waals surface area (Å²) in [4.78, 5) is 0. The minimum Gasteiger partial charge on any atom is -0.381 e. The summed E-state index contributed by atoms with van der Waals surface area (Å²) in [5, 5.41) is 0. The van der Waals surface area contributed by atoms with E-state index in [1.807, 2.05) is 85.3 Å². The van der Waals surface area contributed by atoms with Crippen molar-refractivity contribution < 1.29 is 56.8 Å². The van der Waals surface area contributed by atoms with Crippen molar-refractivity contribution in [2.24, 2.45) is 71.0 Å². The molecule has 0 aromatic rings. The van der Waals surface area contributed by atoms with Gasteiger partial charge in [-0.05, 0) is 225 Å². The summed E-state index contributed by atoms with van der Waals surface area (Å²) in [6.07, 6.45) is 28.8. The lowest BCUT2D eigenvalue weighted by Gasteiger charge is -2.45. The Morgan fingerprint density at radius 1 is 0.139 bits per heavy atom. The minimum absolute atomic E-state index is 0.235. The third-order valence-corrected chi connectivity index (χ3v) is 21.8. The fraction of sp³-hybridized carbons (Fsp3) is 1.00. The topological polar surface area (TPSA) is 111 Å². The fourth-order valence-corrected chi connectivity index (χ4v) is 17.4. The van der Waals surface area contributed by atoms with Gasteiger partial charge in [-0.2, -0.15) is 0 Å². The molecule has 22 aliphatic rings. The average Bonchev–Trinajstić information content (AvgIpc) is 3.42. The van der Waals surface area contributed by atoms with Crippen LogP contribution in [0, 0.1) is 71.0 Å². The van der Waals surface area contributed by atoms with Crippen LogP contribution in [0.15, 0.2) is 0 Å². The van der Waals surface area contributed by atoms with Crippen LogP contribution < -0.4 is 0 Å². The summed E-state index contributed by atoms with van der Waals surface area (Å²) in [5.41, 5.74) is 0. The van der Waals surface area contributed by atoms with Gasteiger partial charge in [-0.25, -0.2) is 0 Å². The first-order chi connectivity index (χ1) is 35.1. The number of ether oxygens (including phenoxy) is 12. The summed E-state index contributed by atoms with van der Waals surface area (Å²) in [6.45, 7) is 0. The molecule has 0 heterocycles. The van der Waals surface area contributed by atoms with E-state index in [1.165, 1.54) is 0 Å². The minimum atomic E-state index is 0.235. The molecule has 12 unspecified atom stereocenters. The molecule has 0 amide bonds. The lowest BCUT2D eigenvalue weighted by molar-refractivity contribution is -0.101. The van der Waals surface area contributed by atoms with Crippen LogP contribution in [0.1, 0.15) is 154 Å². The first-order valence-corrected chi connectivity index (χ1v) is 29.4. The Labute approximate surface area is 439 Å². The van der Waals surface area contributed by atoms with Crippen molar-refractivity contribution in [3.8, 4) is 0 Å². The van der Waals surface area contributed by atoms with Crippen molar-refractivity contribution in [2.45, 2.75) is 227 Å². The van der Waals surface area contributed by atoms with Gasteiger partial charge in [-0.1, -0.05) is 0 Å². The van der Waals surface area contributed by atoms with Gasteiger partial charge >= 0.3 is 0 Å². The van der Waals surface area contributed by atoms with E-state index in [4.69, 9.17) is 56.8 Å². The highest BCUT2D eigenvalue weighted by atomic mass is 16.5. The molecule has 22 rings (SSSR count). The first-order valence-electron chi connectivity index (χ1n) is 29.4. The molecule has 0 aromatic carbocycles. The van der Waals surface area contributed by atoms with Gasteiger partial charge in [-0.3, -0.25) is 0 Å². The van der Waals surface area contributed by atoms with E-state index in [0.717, 1.165) is 154 Å². The van der Waals surface area contributed by atoms with Crippen molar-refractivity contribution in [3.63, 3.8) is 0 Å². The maximum Gasteiger partial charge on any atom is 0.0604 e. The lowest BCUT2D eigenvalue weighted by Crippen LogP contribution is -2.45. The van der Waals surface area contributed by atoms with Gasteiger partial charge in [0.05, 0.1) is 73.2 Å². The Morgan fingerprint density at radius 3 is 0.264 bits per heavy atom. The molecule has 72 heavy (non-hydrogen) atoms. The molecule has 22 fully saturated rings. The Morgan fingerprint density at radius 2 is 0.208 bits per heavy atom. The second-order valence-electron chi connectivity index (χ2n) is 24.7. The summed E-state index contributed by atoms with van der Waals surface area (Å²) in [6, 6.07) is 0. The molecule has 0 N–H and O–H groups in total. The molecule has 12 heteroatoms. The zero-order valence-electron chi connectivity index (χ0n) is 47.7. The van der Waals surface area contributed by atoms with Crippen molar-refractivity contribution in [2.75, 3.05) is 85.3 Å². The van der Waals surface area contributed by atoms with Gasteiger partial charge in [0.25, 0.3) is 0 Å². The molecule has 0 radical (unpaired) electrons. The molecule has 0 aliphatic heterocycles. The van der Waals surface area contributed by atoms with Crippen LogP contribution in [0.25, 0.3) is 0 Å². The largest absolute Gasteiger partial charge is 0.381 e. The molecule has 0 saturated heterocycles. The fourth-order valence-electron chi connectivity index (χ4n) is 17.4. The Bertz CT molecular complexity index is 1120. The molecule has 12 nitrogen and oxygen atoms in total. The zero-order chi connectivity index (χ0) is 51.3. The highest BCUT2D eigenvalue weighted by Crippen LogP contribution is 2.48. The third kappa shape index (κ3) is 14.6. The summed E-state index contributed by atoms with van der Waals surface area (Å²) in [7, 11) is 23.2. The molecular formula is C60H108O12. The quantitative estimate of drug-likeness (QED) is 0.186. The van der Waals surface area contributed by atoms with E-state index in [0.29, 0.717) is 71.0 Å². The molecule has 420 valence electrons. The van der Waals surface area contributed by atoms with E-state index in [2.05, 4.69) is 0 Å². The lowest BCUT2D eigenvalue weighted by atomic mass is 9.67. The van der Waals surface area contributed by atoms with Crippen LogP contribution in [0.4, 0.5) is 0 Å². The van der Waals surface area contributed by atoms with Gasteiger partial charge in [0, 0.05) is 85.3 Å². The van der Waals surface area contributed by atoms with Crippen molar-refractivity contribution in [1.82, 2.24) is 0 Å². The van der Waals surface area contributed by atoms with Gasteiger partial charge in [0.15, 0.2) is 0 Å². The zero-order valence-corrected chi connectivity index (χ0v) is 47.7. The van der Waals surface area contributed by atoms with Crippen molar-refractivity contribution in [1.29, 1.82) is 0 Å². The Hall–Kier alpha value is -0.480. The average molecular weight is 1020 g/mol. The van der Waals surface area contributed by atoms with Crippen LogP contribution in [0.2, 0.25) is 0 Å². The normalized spacial score (nSPS) is 46.5. The van der Waals surface area contributed by atoms with Crippen LogP contribution in [0.5, 0.6) is 0 Å². The predicted molar refractivity (Wildman–Crippen MR) is 282 cm³/mol. The number of rotatable bonds is 12. The maximum absolute atomic E-state index is 6.37. The van der Waals surface area contributed by atoms with E-state index in [9.17, 15) is 0 Å². The van der Waals surface area contributed by atoms with Gasteiger partial charge in [0.2, 0.25) is 0 Å². The molecule has 12 bridgehead atoms. The van der Waals surface area contributed by atoms with E-state index >= 15 is 0 Å². The molecule has 22 saturated carbocycles. The molecular weight excluding hydrogens is 913 g/mol. The first kappa shape index (κ1) is 59.2. The Balaban J connectivity index is 1.07. The summed E-state index contributed by atoms with van der Waals surface area (Å²) >= 11 is 0. The second-order valence-corrected chi connectivity index (χ2v) is 24.7. The third-order valence-electron chi connectivity index (χ3n) is 21.8. The maximum atomic E-state index is 6.37. The Kier molecular flexibility index (Phi) is 24.2. The summed E-state index contributed by atoms with van der Waals surface area (Å²) in [5.74, 6) is 5.55. The molecule has 0 aromatic heterocycles. The van der Waals surface area contributed by atoms with Crippen molar-refractivity contribution >= 4 is 0 Å². The smallest absolute Gasteiger partial charge is 0.0604 e. The monoisotopic (exact) mass is 1020 g/mol. The number of methoxy groups -OCH3 is 12. The SMILES string of the molecule is COC1C[C@H]2CC[C@H]3CC(OC)[C@H](CC[C@H]4CC(OC)[C@@H](CC[C@@H]5CC(OC)[C@H](CC[C@H]6CC(OC)[C@@H](CC[C@H]7CC(OC)[C@H](CC[C@@H]1CC2OC)CC7OC)CC6OC)CC5OC)CC4OC)CC3OC.